The van der Waals surface area contributed by atoms with Gasteiger partial charge in [0.1, 0.15) is 6.33 Å². The summed E-state index contributed by atoms with van der Waals surface area (Å²) in [5.74, 6) is 0.0166. The molecule has 0 bridgehead atoms. The van der Waals surface area contributed by atoms with Crippen LogP contribution in [0, 0.1) is 12.8 Å². The zero-order chi connectivity index (χ0) is 23.0. The lowest BCUT2D eigenvalue weighted by Gasteiger charge is -2.21. The second kappa shape index (κ2) is 8.54. The average Bonchev–Trinajstić information content (AvgIpc) is 3.52. The Morgan fingerprint density at radius 1 is 1.25 bits per heavy atom. The molecule has 0 unspecified atom stereocenters. The molecule has 1 atom stereocenters. The van der Waals surface area contributed by atoms with Crippen molar-refractivity contribution in [2.75, 3.05) is 11.9 Å². The summed E-state index contributed by atoms with van der Waals surface area (Å²) in [6.07, 6.45) is 5.00. The maximum absolute atomic E-state index is 13.1. The lowest BCUT2D eigenvalue weighted by molar-refractivity contribution is -0.121. The number of fused-ring (bicyclic) bond motifs is 1. The Hall–Kier alpha value is -3.53. The Bertz CT molecular complexity index is 1270. The predicted molar refractivity (Wildman–Crippen MR) is 124 cm³/mol. The highest BCUT2D eigenvalue weighted by Gasteiger charge is 2.23. The van der Waals surface area contributed by atoms with Gasteiger partial charge in [-0.1, -0.05) is 13.8 Å². The molecule has 166 valence electrons. The molecule has 4 rings (SSSR count). The van der Waals surface area contributed by atoms with E-state index in [4.69, 9.17) is 0 Å². The summed E-state index contributed by atoms with van der Waals surface area (Å²) >= 11 is 1.65. The number of amides is 2. The van der Waals surface area contributed by atoms with E-state index in [0.717, 1.165) is 10.6 Å². The molecule has 4 heterocycles. The Kier molecular flexibility index (Phi) is 5.79. The number of nitrogens with one attached hydrogen (secondary N) is 2. The van der Waals surface area contributed by atoms with E-state index >= 15 is 0 Å². The Morgan fingerprint density at radius 3 is 2.66 bits per heavy atom. The molecule has 0 aliphatic heterocycles. The molecule has 0 radical (unpaired) electrons. The first kappa shape index (κ1) is 21.7. The molecule has 0 fully saturated rings. The fourth-order valence-electron chi connectivity index (χ4n) is 3.48. The van der Waals surface area contributed by atoms with Gasteiger partial charge in [0, 0.05) is 24.0 Å². The van der Waals surface area contributed by atoms with Crippen LogP contribution in [-0.4, -0.2) is 43.4 Å². The average molecular weight is 452 g/mol. The topological polar surface area (TPSA) is 108 Å². The number of H-pyrrole nitrogens is 1. The van der Waals surface area contributed by atoms with Crippen LogP contribution in [0.4, 0.5) is 5.69 Å². The van der Waals surface area contributed by atoms with Gasteiger partial charge in [0.2, 0.25) is 5.91 Å². The number of anilines is 1. The Labute approximate surface area is 189 Å². The van der Waals surface area contributed by atoms with Crippen LogP contribution in [0.5, 0.6) is 0 Å². The number of pyridine rings is 1. The van der Waals surface area contributed by atoms with E-state index in [2.05, 4.69) is 25.5 Å². The summed E-state index contributed by atoms with van der Waals surface area (Å²) in [6.45, 7) is 7.55. The number of aromatic nitrogens is 5. The molecule has 0 spiro atoms. The highest BCUT2D eigenvalue weighted by molar-refractivity contribution is 7.15. The zero-order valence-corrected chi connectivity index (χ0v) is 19.4. The summed E-state index contributed by atoms with van der Waals surface area (Å²) in [5, 5.41) is 10.7. The second-order valence-electron chi connectivity index (χ2n) is 7.98. The summed E-state index contributed by atoms with van der Waals surface area (Å²) in [6, 6.07) is 5.42. The van der Waals surface area contributed by atoms with Crippen LogP contribution in [0.2, 0.25) is 0 Å². The molecule has 0 aliphatic rings. The number of thiophene rings is 1. The third kappa shape index (κ3) is 4.01. The van der Waals surface area contributed by atoms with Crippen molar-refractivity contribution in [3.63, 3.8) is 0 Å². The predicted octanol–water partition coefficient (Wildman–Crippen LogP) is 3.60. The molecule has 9 nitrogen and oxygen atoms in total. The molecular formula is C22H25N7O2S. The summed E-state index contributed by atoms with van der Waals surface area (Å²) in [7, 11) is 1.71. The number of hydrogen-bond donors (Lipinski definition) is 2. The smallest absolute Gasteiger partial charge is 0.253 e. The van der Waals surface area contributed by atoms with Gasteiger partial charge in [-0.05, 0) is 32.0 Å². The van der Waals surface area contributed by atoms with Gasteiger partial charge in [-0.15, -0.1) is 21.5 Å². The Balaban J connectivity index is 1.81. The van der Waals surface area contributed by atoms with Crippen molar-refractivity contribution in [3.8, 4) is 10.6 Å². The molecule has 0 saturated heterocycles. The van der Waals surface area contributed by atoms with Crippen molar-refractivity contribution in [1.29, 1.82) is 0 Å². The molecule has 2 amide bonds. The SMILES string of the molecule is Cc1ccc(-c2cnc3c(N(C)C(=O)C(C)C)cc(C(=O)N[C@@H](C)c4nnc[nH]4)cn23)s1. The lowest BCUT2D eigenvalue weighted by Crippen LogP contribution is -2.32. The third-order valence-corrected chi connectivity index (χ3v) is 6.24. The van der Waals surface area contributed by atoms with Gasteiger partial charge < -0.3 is 15.2 Å². The summed E-state index contributed by atoms with van der Waals surface area (Å²) < 4.78 is 1.87. The van der Waals surface area contributed by atoms with Crippen molar-refractivity contribution < 1.29 is 9.59 Å². The standard InChI is InChI=1S/C22H25N7O2S/c1-12(2)22(31)28(5)16-8-15(21(30)26-14(4)19-24-11-25-27-19)10-29-17(9-23-20(16)29)18-7-6-13(3)32-18/h6-12,14H,1-5H3,(H,26,30)(H,24,25,27)/t14-/m0/s1. The van der Waals surface area contributed by atoms with E-state index in [0.29, 0.717) is 22.7 Å². The molecule has 32 heavy (non-hydrogen) atoms. The van der Waals surface area contributed by atoms with Crippen LogP contribution in [0.3, 0.4) is 0 Å². The largest absolute Gasteiger partial charge is 0.342 e. The van der Waals surface area contributed by atoms with Crippen LogP contribution >= 0.6 is 11.3 Å². The number of aryl methyl sites for hydroxylation is 1. The van der Waals surface area contributed by atoms with E-state index in [9.17, 15) is 9.59 Å². The molecule has 0 saturated carbocycles. The highest BCUT2D eigenvalue weighted by atomic mass is 32.1. The molecule has 4 aromatic heterocycles. The first-order valence-electron chi connectivity index (χ1n) is 10.3. The van der Waals surface area contributed by atoms with Crippen molar-refractivity contribution in [3.05, 3.63) is 53.2 Å². The number of carbonyl (C=O) groups excluding carboxylic acids is 2. The maximum Gasteiger partial charge on any atom is 0.253 e. The molecule has 10 heteroatoms. The summed E-state index contributed by atoms with van der Waals surface area (Å²) in [4.78, 5) is 37.2. The van der Waals surface area contributed by atoms with E-state index in [1.54, 1.807) is 41.7 Å². The van der Waals surface area contributed by atoms with E-state index in [-0.39, 0.29) is 23.8 Å². The number of rotatable bonds is 6. The van der Waals surface area contributed by atoms with Crippen molar-refractivity contribution in [2.45, 2.75) is 33.7 Å². The van der Waals surface area contributed by atoms with E-state index < -0.39 is 0 Å². The lowest BCUT2D eigenvalue weighted by atomic mass is 10.1. The normalized spacial score (nSPS) is 12.3. The van der Waals surface area contributed by atoms with Crippen LogP contribution in [0.25, 0.3) is 16.2 Å². The van der Waals surface area contributed by atoms with Gasteiger partial charge in [0.15, 0.2) is 11.5 Å². The number of nitrogens with zero attached hydrogens (tertiary/aromatic N) is 5. The van der Waals surface area contributed by atoms with Crippen molar-refractivity contribution in [2.24, 2.45) is 5.92 Å². The van der Waals surface area contributed by atoms with E-state index in [1.807, 2.05) is 44.2 Å². The third-order valence-electron chi connectivity index (χ3n) is 5.22. The second-order valence-corrected chi connectivity index (χ2v) is 9.27. The minimum absolute atomic E-state index is 0.0593. The molecule has 2 N–H and O–H groups in total. The van der Waals surface area contributed by atoms with Gasteiger partial charge in [0.05, 0.1) is 34.1 Å². The highest BCUT2D eigenvalue weighted by Crippen LogP contribution is 2.32. The van der Waals surface area contributed by atoms with Crippen molar-refractivity contribution in [1.82, 2.24) is 29.9 Å². The van der Waals surface area contributed by atoms with Crippen LogP contribution < -0.4 is 10.2 Å². The van der Waals surface area contributed by atoms with E-state index in [1.165, 1.54) is 11.2 Å². The first-order chi connectivity index (χ1) is 15.3. The number of carbonyl (C=O) groups is 2. The zero-order valence-electron chi connectivity index (χ0n) is 18.6. The fourth-order valence-corrected chi connectivity index (χ4v) is 4.35. The van der Waals surface area contributed by atoms with Gasteiger partial charge >= 0.3 is 0 Å². The van der Waals surface area contributed by atoms with Crippen LogP contribution in [-0.2, 0) is 4.79 Å². The number of hydrogen-bond acceptors (Lipinski definition) is 6. The maximum atomic E-state index is 13.1. The quantitative estimate of drug-likeness (QED) is 0.466. The van der Waals surface area contributed by atoms with Crippen LogP contribution in [0.15, 0.2) is 36.9 Å². The molecule has 0 aromatic carbocycles. The van der Waals surface area contributed by atoms with Gasteiger partial charge in [0.25, 0.3) is 5.91 Å². The van der Waals surface area contributed by atoms with Crippen molar-refractivity contribution >= 4 is 34.5 Å². The minimum Gasteiger partial charge on any atom is -0.342 e. The Morgan fingerprint density at radius 2 is 2.03 bits per heavy atom. The van der Waals surface area contributed by atoms with Crippen LogP contribution in [0.1, 0.15) is 47.9 Å². The number of imidazole rings is 1. The van der Waals surface area contributed by atoms with Gasteiger partial charge in [-0.3, -0.25) is 14.0 Å². The summed E-state index contributed by atoms with van der Waals surface area (Å²) in [5.41, 5.74) is 2.46. The number of aromatic amines is 1. The first-order valence-corrected chi connectivity index (χ1v) is 11.1. The molecule has 4 aromatic rings. The molecular weight excluding hydrogens is 426 g/mol. The molecule has 0 aliphatic carbocycles. The minimum atomic E-state index is -0.360. The van der Waals surface area contributed by atoms with Gasteiger partial charge in [-0.25, -0.2) is 4.98 Å². The fraction of sp³-hybridized carbons (Fsp3) is 0.318. The monoisotopic (exact) mass is 451 g/mol. The van der Waals surface area contributed by atoms with Gasteiger partial charge in [-0.2, -0.15) is 0 Å².